The summed E-state index contributed by atoms with van der Waals surface area (Å²) in [6.07, 6.45) is 4.32. The predicted octanol–water partition coefficient (Wildman–Crippen LogP) is 1.61. The Morgan fingerprint density at radius 2 is 1.95 bits per heavy atom. The third-order valence-electron chi connectivity index (χ3n) is 3.93. The monoisotopic (exact) mass is 270 g/mol. The fourth-order valence-electron chi connectivity index (χ4n) is 2.74. The van der Waals surface area contributed by atoms with Gasteiger partial charge in [-0.05, 0) is 38.5 Å². The van der Waals surface area contributed by atoms with Crippen LogP contribution in [0.5, 0.6) is 0 Å². The highest BCUT2D eigenvalue weighted by molar-refractivity contribution is 5.85. The third kappa shape index (κ3) is 4.82. The van der Waals surface area contributed by atoms with Crippen LogP contribution in [0.4, 0.5) is 0 Å². The average Bonchev–Trinajstić information content (AvgIpc) is 2.36. The maximum atomic E-state index is 12.3. The summed E-state index contributed by atoms with van der Waals surface area (Å²) in [5.41, 5.74) is 5.30. The van der Waals surface area contributed by atoms with Crippen LogP contribution in [0.15, 0.2) is 0 Å². The number of aliphatic carboxylic acids is 1. The Balaban J connectivity index is 2.41. The van der Waals surface area contributed by atoms with E-state index in [2.05, 4.69) is 0 Å². The molecule has 0 aliphatic carbocycles. The second kappa shape index (κ2) is 6.89. The molecular formula is C14H26N2O3. The number of carbonyl (C=O) groups is 2. The minimum atomic E-state index is -0.761. The number of nitrogens with zero attached hydrogens (tertiary/aromatic N) is 1. The first kappa shape index (κ1) is 16.0. The Labute approximate surface area is 115 Å². The van der Waals surface area contributed by atoms with Gasteiger partial charge in [-0.1, -0.05) is 13.3 Å². The molecule has 5 nitrogen and oxygen atoms in total. The molecule has 5 heteroatoms. The Hall–Kier alpha value is -1.10. The van der Waals surface area contributed by atoms with Gasteiger partial charge in [0.15, 0.2) is 0 Å². The molecule has 0 aromatic rings. The molecule has 1 saturated heterocycles. The van der Waals surface area contributed by atoms with Crippen molar-refractivity contribution in [3.8, 4) is 0 Å². The van der Waals surface area contributed by atoms with Crippen LogP contribution in [0.3, 0.4) is 0 Å². The van der Waals surface area contributed by atoms with Crippen molar-refractivity contribution in [2.75, 3.05) is 13.1 Å². The Morgan fingerprint density at radius 1 is 1.37 bits per heavy atom. The topological polar surface area (TPSA) is 83.6 Å². The number of rotatable bonds is 6. The van der Waals surface area contributed by atoms with E-state index in [1.54, 1.807) is 6.92 Å². The second-order valence-corrected chi connectivity index (χ2v) is 5.84. The summed E-state index contributed by atoms with van der Waals surface area (Å²) in [4.78, 5) is 24.7. The van der Waals surface area contributed by atoms with E-state index in [4.69, 9.17) is 10.8 Å². The van der Waals surface area contributed by atoms with Gasteiger partial charge in [-0.2, -0.15) is 0 Å². The van der Waals surface area contributed by atoms with E-state index in [-0.39, 0.29) is 12.3 Å². The van der Waals surface area contributed by atoms with Crippen LogP contribution >= 0.6 is 0 Å². The van der Waals surface area contributed by atoms with E-state index in [9.17, 15) is 9.59 Å². The molecule has 0 aromatic carbocycles. The summed E-state index contributed by atoms with van der Waals surface area (Å²) in [6.45, 7) is 5.24. The van der Waals surface area contributed by atoms with Crippen molar-refractivity contribution in [2.45, 2.75) is 57.9 Å². The predicted molar refractivity (Wildman–Crippen MR) is 73.7 cm³/mol. The number of amides is 1. The quantitative estimate of drug-likeness (QED) is 0.768. The number of piperidine rings is 1. The van der Waals surface area contributed by atoms with E-state index in [0.717, 1.165) is 19.3 Å². The van der Waals surface area contributed by atoms with E-state index in [0.29, 0.717) is 31.8 Å². The fraction of sp³-hybridized carbons (Fsp3) is 0.857. The largest absolute Gasteiger partial charge is 0.481 e. The summed E-state index contributed by atoms with van der Waals surface area (Å²) in [5, 5.41) is 8.67. The summed E-state index contributed by atoms with van der Waals surface area (Å²) in [7, 11) is 0. The highest BCUT2D eigenvalue weighted by Gasteiger charge is 2.33. The molecule has 1 aliphatic rings. The van der Waals surface area contributed by atoms with Crippen molar-refractivity contribution in [3.05, 3.63) is 0 Å². The molecule has 1 amide bonds. The average molecular weight is 270 g/mol. The number of hydrogen-bond acceptors (Lipinski definition) is 3. The molecule has 1 aliphatic heterocycles. The maximum Gasteiger partial charge on any atom is 0.303 e. The standard InChI is InChI=1S/C14H26N2O3/c1-3-8-14(2,15)13(19)16-9-6-11(7-10-16)4-5-12(17)18/h11H,3-10,15H2,1-2H3,(H,17,18). The zero-order chi connectivity index (χ0) is 14.5. The Morgan fingerprint density at radius 3 is 2.42 bits per heavy atom. The molecular weight excluding hydrogens is 244 g/mol. The lowest BCUT2D eigenvalue weighted by Gasteiger charge is -2.36. The molecule has 0 radical (unpaired) electrons. The molecule has 3 N–H and O–H groups in total. The van der Waals surface area contributed by atoms with Gasteiger partial charge in [0.05, 0.1) is 5.54 Å². The molecule has 0 saturated carbocycles. The molecule has 1 rings (SSSR count). The van der Waals surface area contributed by atoms with Crippen molar-refractivity contribution in [1.29, 1.82) is 0 Å². The number of carboxylic acids is 1. The van der Waals surface area contributed by atoms with Crippen LogP contribution in [-0.2, 0) is 9.59 Å². The summed E-state index contributed by atoms with van der Waals surface area (Å²) < 4.78 is 0. The van der Waals surface area contributed by atoms with Crippen molar-refractivity contribution < 1.29 is 14.7 Å². The highest BCUT2D eigenvalue weighted by atomic mass is 16.4. The Kier molecular flexibility index (Phi) is 5.79. The third-order valence-corrected chi connectivity index (χ3v) is 3.93. The molecule has 110 valence electrons. The minimum Gasteiger partial charge on any atom is -0.481 e. The second-order valence-electron chi connectivity index (χ2n) is 5.84. The summed E-state index contributed by atoms with van der Waals surface area (Å²) in [6, 6.07) is 0. The summed E-state index contributed by atoms with van der Waals surface area (Å²) >= 11 is 0. The van der Waals surface area contributed by atoms with Gasteiger partial charge in [-0.25, -0.2) is 0 Å². The van der Waals surface area contributed by atoms with E-state index >= 15 is 0 Å². The fourth-order valence-corrected chi connectivity index (χ4v) is 2.74. The molecule has 1 heterocycles. The number of hydrogen-bond donors (Lipinski definition) is 2. The van der Waals surface area contributed by atoms with Crippen molar-refractivity contribution in [2.24, 2.45) is 11.7 Å². The van der Waals surface area contributed by atoms with Crippen LogP contribution in [0.1, 0.15) is 52.4 Å². The number of carbonyl (C=O) groups excluding carboxylic acids is 1. The summed E-state index contributed by atoms with van der Waals surface area (Å²) in [5.74, 6) is -0.280. The van der Waals surface area contributed by atoms with E-state index in [1.165, 1.54) is 0 Å². The van der Waals surface area contributed by atoms with Gasteiger partial charge >= 0.3 is 5.97 Å². The first-order chi connectivity index (χ1) is 8.86. The number of carboxylic acid groups (broad SMARTS) is 1. The van der Waals surface area contributed by atoms with E-state index < -0.39 is 11.5 Å². The normalized spacial score (nSPS) is 20.1. The molecule has 19 heavy (non-hydrogen) atoms. The van der Waals surface area contributed by atoms with Crippen LogP contribution in [-0.4, -0.2) is 40.5 Å². The van der Waals surface area contributed by atoms with Crippen LogP contribution < -0.4 is 5.73 Å². The SMILES string of the molecule is CCCC(C)(N)C(=O)N1CCC(CCC(=O)O)CC1. The first-order valence-corrected chi connectivity index (χ1v) is 7.17. The lowest BCUT2D eigenvalue weighted by atomic mass is 9.89. The lowest BCUT2D eigenvalue weighted by molar-refractivity contribution is -0.139. The molecule has 0 bridgehead atoms. The number of likely N-dealkylation sites (tertiary alicyclic amines) is 1. The van der Waals surface area contributed by atoms with Crippen molar-refractivity contribution in [1.82, 2.24) is 4.90 Å². The molecule has 0 aromatic heterocycles. The van der Waals surface area contributed by atoms with Gasteiger partial charge in [-0.3, -0.25) is 9.59 Å². The van der Waals surface area contributed by atoms with Gasteiger partial charge in [0.1, 0.15) is 0 Å². The van der Waals surface area contributed by atoms with Crippen LogP contribution in [0, 0.1) is 5.92 Å². The smallest absolute Gasteiger partial charge is 0.303 e. The van der Waals surface area contributed by atoms with Gasteiger partial charge in [0.2, 0.25) is 5.91 Å². The zero-order valence-corrected chi connectivity index (χ0v) is 12.0. The highest BCUT2D eigenvalue weighted by Crippen LogP contribution is 2.24. The van der Waals surface area contributed by atoms with E-state index in [1.807, 2.05) is 11.8 Å². The van der Waals surface area contributed by atoms with Gasteiger partial charge in [0, 0.05) is 19.5 Å². The van der Waals surface area contributed by atoms with Gasteiger partial charge in [0.25, 0.3) is 0 Å². The van der Waals surface area contributed by atoms with Gasteiger partial charge < -0.3 is 15.7 Å². The minimum absolute atomic E-state index is 0.0334. The van der Waals surface area contributed by atoms with Crippen molar-refractivity contribution in [3.63, 3.8) is 0 Å². The zero-order valence-electron chi connectivity index (χ0n) is 12.0. The van der Waals surface area contributed by atoms with Crippen molar-refractivity contribution >= 4 is 11.9 Å². The van der Waals surface area contributed by atoms with Crippen LogP contribution in [0.2, 0.25) is 0 Å². The molecule has 1 fully saturated rings. The lowest BCUT2D eigenvalue weighted by Crippen LogP contribution is -2.54. The molecule has 0 spiro atoms. The molecule has 1 atom stereocenters. The van der Waals surface area contributed by atoms with Gasteiger partial charge in [-0.15, -0.1) is 0 Å². The Bertz CT molecular complexity index is 321. The van der Waals surface area contributed by atoms with Crippen LogP contribution in [0.25, 0.3) is 0 Å². The maximum absolute atomic E-state index is 12.3. The molecule has 1 unspecified atom stereocenters. The number of nitrogens with two attached hydrogens (primary N) is 1. The first-order valence-electron chi connectivity index (χ1n) is 7.17.